The number of nitrogen functional groups attached to an aromatic ring is 1. The van der Waals surface area contributed by atoms with Crippen LogP contribution in [-0.2, 0) is 4.74 Å². The Hall–Kier alpha value is -2.98. The molecule has 1 aromatic carbocycles. The topological polar surface area (TPSA) is 118 Å². The SMILES string of the molecule is COC(=O)c1c(N)c(C#N)cn1-c1c(C)ccc(Cl)c1C(=O)O. The number of anilines is 1. The Morgan fingerprint density at radius 1 is 1.43 bits per heavy atom. The third-order valence-electron chi connectivity index (χ3n) is 3.33. The number of nitriles is 1. The molecule has 0 aliphatic rings. The van der Waals surface area contributed by atoms with E-state index in [4.69, 9.17) is 22.6 Å². The molecule has 0 amide bonds. The van der Waals surface area contributed by atoms with Crippen molar-refractivity contribution >= 4 is 29.2 Å². The number of nitrogens with two attached hydrogens (primary N) is 1. The molecule has 0 aliphatic carbocycles. The van der Waals surface area contributed by atoms with Gasteiger partial charge in [-0.3, -0.25) is 0 Å². The molecule has 118 valence electrons. The van der Waals surface area contributed by atoms with Crippen LogP contribution in [0.5, 0.6) is 0 Å². The average Bonchev–Trinajstić information content (AvgIpc) is 2.84. The minimum Gasteiger partial charge on any atom is -0.478 e. The number of hydrogen-bond donors (Lipinski definition) is 2. The predicted octanol–water partition coefficient (Wildman–Crippen LogP) is 2.38. The van der Waals surface area contributed by atoms with Gasteiger partial charge in [-0.25, -0.2) is 9.59 Å². The first-order valence-corrected chi connectivity index (χ1v) is 6.73. The van der Waals surface area contributed by atoms with Crippen LogP contribution in [0.15, 0.2) is 18.3 Å². The van der Waals surface area contributed by atoms with Crippen molar-refractivity contribution in [2.45, 2.75) is 6.92 Å². The number of ether oxygens (including phenoxy) is 1. The number of carbonyl (C=O) groups excluding carboxylic acids is 1. The number of carboxylic acid groups (broad SMARTS) is 1. The van der Waals surface area contributed by atoms with E-state index in [1.165, 1.54) is 16.8 Å². The van der Waals surface area contributed by atoms with Gasteiger partial charge in [-0.05, 0) is 18.6 Å². The van der Waals surface area contributed by atoms with E-state index < -0.39 is 11.9 Å². The maximum absolute atomic E-state index is 12.0. The van der Waals surface area contributed by atoms with E-state index in [0.717, 1.165) is 7.11 Å². The molecule has 0 atom stereocenters. The summed E-state index contributed by atoms with van der Waals surface area (Å²) in [5.41, 5.74) is 6.12. The number of aromatic nitrogens is 1. The molecule has 0 bridgehead atoms. The fraction of sp³-hybridized carbons (Fsp3) is 0.133. The Labute approximate surface area is 136 Å². The molecule has 23 heavy (non-hydrogen) atoms. The highest BCUT2D eigenvalue weighted by molar-refractivity contribution is 6.34. The highest BCUT2D eigenvalue weighted by Gasteiger charge is 2.26. The summed E-state index contributed by atoms with van der Waals surface area (Å²) < 4.78 is 5.90. The second-order valence-electron chi connectivity index (χ2n) is 4.67. The number of halogens is 1. The summed E-state index contributed by atoms with van der Waals surface area (Å²) >= 11 is 5.99. The number of benzene rings is 1. The summed E-state index contributed by atoms with van der Waals surface area (Å²) in [7, 11) is 1.16. The third kappa shape index (κ3) is 2.60. The van der Waals surface area contributed by atoms with Crippen LogP contribution < -0.4 is 5.73 Å². The molecule has 3 N–H and O–H groups in total. The monoisotopic (exact) mass is 333 g/mol. The minimum atomic E-state index is -1.27. The minimum absolute atomic E-state index is 0.000283. The number of aromatic carboxylic acids is 1. The number of aryl methyl sites for hydroxylation is 1. The van der Waals surface area contributed by atoms with Gasteiger partial charge in [0.05, 0.1) is 29.1 Å². The normalized spacial score (nSPS) is 10.2. The maximum Gasteiger partial charge on any atom is 0.357 e. The summed E-state index contributed by atoms with van der Waals surface area (Å²) in [4.78, 5) is 23.6. The van der Waals surface area contributed by atoms with Crippen molar-refractivity contribution in [1.82, 2.24) is 4.57 Å². The van der Waals surface area contributed by atoms with Gasteiger partial charge in [0.1, 0.15) is 11.6 Å². The highest BCUT2D eigenvalue weighted by atomic mass is 35.5. The Balaban J connectivity index is 2.94. The van der Waals surface area contributed by atoms with Crippen molar-refractivity contribution < 1.29 is 19.4 Å². The molecule has 0 saturated heterocycles. The molecule has 0 spiro atoms. The van der Waals surface area contributed by atoms with Crippen LogP contribution in [0, 0.1) is 18.3 Å². The van der Waals surface area contributed by atoms with Crippen LogP contribution in [-0.4, -0.2) is 28.7 Å². The zero-order valence-electron chi connectivity index (χ0n) is 12.3. The number of carbonyl (C=O) groups is 2. The molecule has 8 heteroatoms. The lowest BCUT2D eigenvalue weighted by Crippen LogP contribution is -2.15. The van der Waals surface area contributed by atoms with Gasteiger partial charge >= 0.3 is 11.9 Å². The van der Waals surface area contributed by atoms with Crippen LogP contribution in [0.3, 0.4) is 0 Å². The first-order valence-electron chi connectivity index (χ1n) is 6.35. The van der Waals surface area contributed by atoms with E-state index in [1.54, 1.807) is 13.0 Å². The Morgan fingerprint density at radius 2 is 2.09 bits per heavy atom. The van der Waals surface area contributed by atoms with Crippen molar-refractivity contribution in [3.05, 3.63) is 45.7 Å². The largest absolute Gasteiger partial charge is 0.478 e. The Morgan fingerprint density at radius 3 is 2.61 bits per heavy atom. The van der Waals surface area contributed by atoms with Crippen LogP contribution in [0.2, 0.25) is 5.02 Å². The van der Waals surface area contributed by atoms with Gasteiger partial charge in [-0.1, -0.05) is 17.7 Å². The molecule has 7 nitrogen and oxygen atoms in total. The standard InChI is InChI=1S/C15H12ClN3O4/c1-7-3-4-9(16)10(14(20)21)12(7)19-6-8(5-17)11(18)13(19)15(22)23-2/h3-4,6H,18H2,1-2H3,(H,20,21). The van der Waals surface area contributed by atoms with E-state index in [-0.39, 0.29) is 33.2 Å². The van der Waals surface area contributed by atoms with Gasteiger partial charge in [-0.15, -0.1) is 0 Å². The lowest BCUT2D eigenvalue weighted by atomic mass is 10.1. The molecule has 0 radical (unpaired) electrons. The fourth-order valence-electron chi connectivity index (χ4n) is 2.28. The van der Waals surface area contributed by atoms with Crippen molar-refractivity contribution in [2.24, 2.45) is 0 Å². The summed E-state index contributed by atoms with van der Waals surface area (Å²) in [5, 5.41) is 18.6. The van der Waals surface area contributed by atoms with E-state index >= 15 is 0 Å². The first-order chi connectivity index (χ1) is 10.8. The van der Waals surface area contributed by atoms with Crippen molar-refractivity contribution in [2.75, 3.05) is 12.8 Å². The number of nitrogens with zero attached hydrogens (tertiary/aromatic N) is 2. The average molecular weight is 334 g/mol. The van der Waals surface area contributed by atoms with Crippen LogP contribution >= 0.6 is 11.6 Å². The Kier molecular flexibility index (Phi) is 4.29. The van der Waals surface area contributed by atoms with Crippen molar-refractivity contribution in [3.8, 4) is 11.8 Å². The fourth-order valence-corrected chi connectivity index (χ4v) is 2.51. The molecule has 1 aromatic heterocycles. The predicted molar refractivity (Wildman–Crippen MR) is 82.9 cm³/mol. The Bertz CT molecular complexity index is 865. The smallest absolute Gasteiger partial charge is 0.357 e. The molecule has 2 rings (SSSR count). The number of rotatable bonds is 3. The van der Waals surface area contributed by atoms with Gasteiger partial charge in [0, 0.05) is 6.20 Å². The van der Waals surface area contributed by atoms with Crippen LogP contribution in [0.4, 0.5) is 5.69 Å². The molecule has 0 unspecified atom stereocenters. The van der Waals surface area contributed by atoms with Crippen molar-refractivity contribution in [3.63, 3.8) is 0 Å². The maximum atomic E-state index is 12.0. The molecule has 0 fully saturated rings. The van der Waals surface area contributed by atoms with Gasteiger partial charge in [-0.2, -0.15) is 5.26 Å². The van der Waals surface area contributed by atoms with E-state index in [0.29, 0.717) is 5.56 Å². The van der Waals surface area contributed by atoms with Gasteiger partial charge in [0.25, 0.3) is 0 Å². The summed E-state index contributed by atoms with van der Waals surface area (Å²) in [6, 6.07) is 4.90. The lowest BCUT2D eigenvalue weighted by molar-refractivity contribution is 0.0591. The first kappa shape index (κ1) is 16.4. The van der Waals surface area contributed by atoms with E-state index in [2.05, 4.69) is 4.74 Å². The number of methoxy groups -OCH3 is 1. The van der Waals surface area contributed by atoms with E-state index in [1.807, 2.05) is 6.07 Å². The summed E-state index contributed by atoms with van der Waals surface area (Å²) in [6.45, 7) is 1.65. The lowest BCUT2D eigenvalue weighted by Gasteiger charge is -2.15. The van der Waals surface area contributed by atoms with Gasteiger partial charge in [0.2, 0.25) is 0 Å². The molecular weight excluding hydrogens is 322 g/mol. The molecular formula is C15H12ClN3O4. The number of carboxylic acids is 1. The van der Waals surface area contributed by atoms with Crippen LogP contribution in [0.25, 0.3) is 5.69 Å². The molecule has 1 heterocycles. The van der Waals surface area contributed by atoms with Gasteiger partial charge in [0.15, 0.2) is 5.69 Å². The third-order valence-corrected chi connectivity index (χ3v) is 3.64. The second-order valence-corrected chi connectivity index (χ2v) is 5.08. The van der Waals surface area contributed by atoms with E-state index in [9.17, 15) is 14.7 Å². The quantitative estimate of drug-likeness (QED) is 0.832. The molecule has 0 saturated carbocycles. The van der Waals surface area contributed by atoms with Crippen LogP contribution in [0.1, 0.15) is 32.0 Å². The van der Waals surface area contributed by atoms with Gasteiger partial charge < -0.3 is 20.1 Å². The van der Waals surface area contributed by atoms with Crippen molar-refractivity contribution in [1.29, 1.82) is 5.26 Å². The second kappa shape index (κ2) is 6.02. The zero-order chi connectivity index (χ0) is 17.3. The highest BCUT2D eigenvalue weighted by Crippen LogP contribution is 2.32. The summed E-state index contributed by atoms with van der Waals surface area (Å²) in [5.74, 6) is -2.06. The molecule has 2 aromatic rings. The zero-order valence-corrected chi connectivity index (χ0v) is 13.0. The summed E-state index contributed by atoms with van der Waals surface area (Å²) in [6.07, 6.45) is 1.28. The molecule has 0 aliphatic heterocycles. The number of hydrogen-bond acceptors (Lipinski definition) is 5. The number of esters is 1.